The molecule has 8 nitrogen and oxygen atoms in total. The summed E-state index contributed by atoms with van der Waals surface area (Å²) in [5.41, 5.74) is 9.29. The Bertz CT molecular complexity index is 1060. The third-order valence-electron chi connectivity index (χ3n) is 7.35. The number of carbonyl (C=O) groups excluding carboxylic acids is 1. The summed E-state index contributed by atoms with van der Waals surface area (Å²) in [6.45, 7) is 8.41. The first-order valence-corrected chi connectivity index (χ1v) is 13.5. The van der Waals surface area contributed by atoms with Crippen molar-refractivity contribution in [1.29, 1.82) is 5.41 Å². The number of carbonyl (C=O) groups is 1. The van der Waals surface area contributed by atoms with Gasteiger partial charge in [0.05, 0.1) is 6.61 Å². The molecule has 2 aromatic rings. The van der Waals surface area contributed by atoms with Gasteiger partial charge in [-0.3, -0.25) is 20.4 Å². The third-order valence-corrected chi connectivity index (χ3v) is 7.35. The largest absolute Gasteiger partial charge is 0.493 e. The summed E-state index contributed by atoms with van der Waals surface area (Å²) in [5.74, 6) is 0.164. The van der Waals surface area contributed by atoms with Crippen LogP contribution in [0.5, 0.6) is 5.75 Å². The van der Waals surface area contributed by atoms with E-state index in [4.69, 9.17) is 20.6 Å². The Morgan fingerprint density at radius 3 is 2.42 bits per heavy atom. The zero-order valence-corrected chi connectivity index (χ0v) is 23.7. The zero-order chi connectivity index (χ0) is 27.7. The van der Waals surface area contributed by atoms with Gasteiger partial charge in [0, 0.05) is 44.7 Å². The Balaban J connectivity index is 1.76. The number of hydrogen-bond donors (Lipinski definition) is 3. The molecule has 0 aliphatic carbocycles. The standard InChI is InChI=1S/C30H45N5O3/c1-30(2,20-28(36)33-29(31)32)24-11-12-26(27(19-24)38-18-6-17-37-5)23-9-7-22(8-10-23)21-35-15-13-25(14-16-35)34(3)4/h7-12,19,25H,6,13-18,20-21H2,1-5H3,(H4,31,32,33,36). The molecule has 0 bridgehead atoms. The van der Waals surface area contributed by atoms with Crippen molar-refractivity contribution in [2.75, 3.05) is 47.5 Å². The lowest BCUT2D eigenvalue weighted by Gasteiger charge is -2.35. The summed E-state index contributed by atoms with van der Waals surface area (Å²) in [7, 11) is 6.04. The minimum atomic E-state index is -0.466. The van der Waals surface area contributed by atoms with Crippen molar-refractivity contribution in [1.82, 2.24) is 15.1 Å². The number of ether oxygens (including phenoxy) is 2. The first-order valence-electron chi connectivity index (χ1n) is 13.5. The van der Waals surface area contributed by atoms with Gasteiger partial charge < -0.3 is 20.1 Å². The zero-order valence-electron chi connectivity index (χ0n) is 23.7. The molecule has 0 aromatic heterocycles. The summed E-state index contributed by atoms with van der Waals surface area (Å²) in [6, 6.07) is 15.6. The highest BCUT2D eigenvalue weighted by Crippen LogP contribution is 2.36. The van der Waals surface area contributed by atoms with Crippen LogP contribution < -0.4 is 15.8 Å². The number of nitrogens with one attached hydrogen (secondary N) is 2. The van der Waals surface area contributed by atoms with E-state index in [1.807, 2.05) is 19.9 Å². The second-order valence-corrected chi connectivity index (χ2v) is 11.1. The summed E-state index contributed by atoms with van der Waals surface area (Å²) in [6.07, 6.45) is 3.42. The number of benzene rings is 2. The quantitative estimate of drug-likeness (QED) is 0.221. The predicted octanol–water partition coefficient (Wildman–Crippen LogP) is 3.97. The van der Waals surface area contributed by atoms with Crippen molar-refractivity contribution in [2.24, 2.45) is 5.73 Å². The van der Waals surface area contributed by atoms with Crippen molar-refractivity contribution in [3.8, 4) is 16.9 Å². The molecule has 0 unspecified atom stereocenters. The van der Waals surface area contributed by atoms with E-state index in [2.05, 4.69) is 65.6 Å². The Hall–Kier alpha value is -2.94. The van der Waals surface area contributed by atoms with E-state index in [0.717, 1.165) is 48.5 Å². The number of methoxy groups -OCH3 is 1. The number of nitrogens with zero attached hydrogens (tertiary/aromatic N) is 2. The summed E-state index contributed by atoms with van der Waals surface area (Å²) in [4.78, 5) is 17.2. The van der Waals surface area contributed by atoms with Crippen LogP contribution >= 0.6 is 0 Å². The molecule has 2 aromatic carbocycles. The molecule has 1 aliphatic heterocycles. The lowest BCUT2D eigenvalue weighted by Crippen LogP contribution is -2.41. The van der Waals surface area contributed by atoms with E-state index >= 15 is 0 Å². The molecule has 0 saturated carbocycles. The first-order chi connectivity index (χ1) is 18.1. The van der Waals surface area contributed by atoms with Crippen LogP contribution in [0, 0.1) is 5.41 Å². The highest BCUT2D eigenvalue weighted by molar-refractivity contribution is 5.95. The van der Waals surface area contributed by atoms with E-state index in [0.29, 0.717) is 19.3 Å². The summed E-state index contributed by atoms with van der Waals surface area (Å²) < 4.78 is 11.4. The minimum Gasteiger partial charge on any atom is -0.493 e. The van der Waals surface area contributed by atoms with E-state index in [-0.39, 0.29) is 18.3 Å². The summed E-state index contributed by atoms with van der Waals surface area (Å²) in [5, 5.41) is 9.71. The Kier molecular flexibility index (Phi) is 10.7. The smallest absolute Gasteiger partial charge is 0.227 e. The van der Waals surface area contributed by atoms with E-state index in [9.17, 15) is 4.79 Å². The van der Waals surface area contributed by atoms with Crippen LogP contribution in [0.3, 0.4) is 0 Å². The Morgan fingerprint density at radius 1 is 1.13 bits per heavy atom. The Morgan fingerprint density at radius 2 is 1.82 bits per heavy atom. The van der Waals surface area contributed by atoms with Gasteiger partial charge in [-0.15, -0.1) is 0 Å². The highest BCUT2D eigenvalue weighted by atomic mass is 16.5. The molecule has 1 saturated heterocycles. The number of hydrogen-bond acceptors (Lipinski definition) is 6. The molecular formula is C30H45N5O3. The van der Waals surface area contributed by atoms with Gasteiger partial charge in [-0.1, -0.05) is 50.2 Å². The van der Waals surface area contributed by atoms with E-state index < -0.39 is 5.41 Å². The highest BCUT2D eigenvalue weighted by Gasteiger charge is 2.26. The van der Waals surface area contributed by atoms with Crippen LogP contribution in [-0.2, 0) is 21.5 Å². The number of guanidine groups is 1. The van der Waals surface area contributed by atoms with Gasteiger partial charge in [-0.05, 0) is 68.2 Å². The van der Waals surface area contributed by atoms with Gasteiger partial charge in [0.1, 0.15) is 5.75 Å². The van der Waals surface area contributed by atoms with Crippen LogP contribution in [-0.4, -0.2) is 75.2 Å². The molecule has 8 heteroatoms. The number of piperidine rings is 1. The van der Waals surface area contributed by atoms with Crippen molar-refractivity contribution in [2.45, 2.75) is 57.5 Å². The molecule has 3 rings (SSSR count). The van der Waals surface area contributed by atoms with Crippen LogP contribution in [0.1, 0.15) is 50.7 Å². The molecule has 1 amide bonds. The van der Waals surface area contributed by atoms with Gasteiger partial charge in [0.2, 0.25) is 5.91 Å². The number of nitrogens with two attached hydrogens (primary N) is 1. The fourth-order valence-electron chi connectivity index (χ4n) is 5.03. The molecular weight excluding hydrogens is 478 g/mol. The molecule has 1 aliphatic rings. The molecule has 38 heavy (non-hydrogen) atoms. The molecule has 1 fully saturated rings. The maximum atomic E-state index is 12.3. The fraction of sp³-hybridized carbons (Fsp3) is 0.533. The summed E-state index contributed by atoms with van der Waals surface area (Å²) >= 11 is 0. The average molecular weight is 524 g/mol. The van der Waals surface area contributed by atoms with Gasteiger partial charge >= 0.3 is 0 Å². The second kappa shape index (κ2) is 13.7. The van der Waals surface area contributed by atoms with E-state index in [1.165, 1.54) is 18.4 Å². The monoisotopic (exact) mass is 523 g/mol. The Labute approximate surface area is 228 Å². The molecule has 1 heterocycles. The third kappa shape index (κ3) is 8.55. The van der Waals surface area contributed by atoms with Crippen LogP contribution in [0.25, 0.3) is 11.1 Å². The SMILES string of the molecule is COCCCOc1cc(C(C)(C)CC(=O)NC(=N)N)ccc1-c1ccc(CN2CCC(N(C)C)CC2)cc1. The molecule has 0 atom stereocenters. The van der Waals surface area contributed by atoms with Gasteiger partial charge in [-0.25, -0.2) is 0 Å². The molecule has 0 radical (unpaired) electrons. The average Bonchev–Trinajstić information content (AvgIpc) is 2.86. The first kappa shape index (κ1) is 29.6. The van der Waals surface area contributed by atoms with Gasteiger partial charge in [-0.2, -0.15) is 0 Å². The molecule has 208 valence electrons. The van der Waals surface area contributed by atoms with Crippen molar-refractivity contribution in [3.05, 3.63) is 53.6 Å². The van der Waals surface area contributed by atoms with Crippen LogP contribution in [0.15, 0.2) is 42.5 Å². The maximum absolute atomic E-state index is 12.3. The number of amides is 1. The lowest BCUT2D eigenvalue weighted by atomic mass is 9.80. The lowest BCUT2D eigenvalue weighted by molar-refractivity contribution is -0.120. The maximum Gasteiger partial charge on any atom is 0.227 e. The molecule has 0 spiro atoms. The second-order valence-electron chi connectivity index (χ2n) is 11.1. The van der Waals surface area contributed by atoms with Gasteiger partial charge in [0.25, 0.3) is 0 Å². The van der Waals surface area contributed by atoms with Crippen LogP contribution in [0.2, 0.25) is 0 Å². The number of rotatable bonds is 12. The van der Waals surface area contributed by atoms with Crippen molar-refractivity contribution >= 4 is 11.9 Å². The minimum absolute atomic E-state index is 0.204. The molecule has 4 N–H and O–H groups in total. The van der Waals surface area contributed by atoms with Gasteiger partial charge in [0.15, 0.2) is 5.96 Å². The van der Waals surface area contributed by atoms with Crippen molar-refractivity contribution < 1.29 is 14.3 Å². The van der Waals surface area contributed by atoms with Crippen molar-refractivity contribution in [3.63, 3.8) is 0 Å². The predicted molar refractivity (Wildman–Crippen MR) is 154 cm³/mol. The topological polar surface area (TPSA) is 104 Å². The normalized spacial score (nSPS) is 15.0. The van der Waals surface area contributed by atoms with Crippen LogP contribution in [0.4, 0.5) is 0 Å². The number of likely N-dealkylation sites (tertiary alicyclic amines) is 1. The fourth-order valence-corrected chi connectivity index (χ4v) is 5.03. The van der Waals surface area contributed by atoms with E-state index in [1.54, 1.807) is 7.11 Å².